The van der Waals surface area contributed by atoms with Crippen LogP contribution in [0.25, 0.3) is 11.3 Å². The summed E-state index contributed by atoms with van der Waals surface area (Å²) in [5.74, 6) is 0.774. The van der Waals surface area contributed by atoms with Gasteiger partial charge in [-0.3, -0.25) is 9.59 Å². The summed E-state index contributed by atoms with van der Waals surface area (Å²) in [7, 11) is 0. The second-order valence-electron chi connectivity index (χ2n) is 8.26. The predicted molar refractivity (Wildman–Crippen MR) is 122 cm³/mol. The minimum absolute atomic E-state index is 0.0309. The van der Waals surface area contributed by atoms with Gasteiger partial charge in [-0.1, -0.05) is 18.2 Å². The minimum atomic E-state index is -0.201. The Morgan fingerprint density at radius 2 is 1.45 bits per heavy atom. The monoisotopic (exact) mass is 446 g/mol. The highest BCUT2D eigenvalue weighted by molar-refractivity contribution is 6.04. The molecule has 0 N–H and O–H groups in total. The van der Waals surface area contributed by atoms with Gasteiger partial charge in [-0.05, 0) is 31.4 Å². The lowest BCUT2D eigenvalue weighted by Crippen LogP contribution is -2.49. The molecule has 2 saturated heterocycles. The SMILES string of the molecule is O=C(c1ccccc1-c1ocnc1C(=O)N1CCN(c2ncccn2)CC1)N1CCCCC1. The summed E-state index contributed by atoms with van der Waals surface area (Å²) in [6.07, 6.45) is 7.88. The molecule has 2 aliphatic rings. The van der Waals surface area contributed by atoms with Crippen LogP contribution in [-0.4, -0.2) is 75.8 Å². The number of carbonyl (C=O) groups excluding carboxylic acids is 2. The summed E-state index contributed by atoms with van der Waals surface area (Å²) in [4.78, 5) is 45.1. The number of benzene rings is 1. The quantitative estimate of drug-likeness (QED) is 0.608. The van der Waals surface area contributed by atoms with Crippen LogP contribution >= 0.6 is 0 Å². The number of oxazole rings is 1. The van der Waals surface area contributed by atoms with E-state index in [4.69, 9.17) is 4.42 Å². The van der Waals surface area contributed by atoms with E-state index in [1.165, 1.54) is 6.39 Å². The van der Waals surface area contributed by atoms with Crippen LogP contribution in [0.1, 0.15) is 40.1 Å². The summed E-state index contributed by atoms with van der Waals surface area (Å²) in [5.41, 5.74) is 1.37. The standard InChI is InChI=1S/C24H26N6O3/c31-22(28-11-4-1-5-12-28)19-8-3-2-7-18(19)21-20(27-17-33-21)23(32)29-13-15-30(16-14-29)24-25-9-6-10-26-24/h2-3,6-10,17H,1,4-5,11-16H2. The molecule has 0 spiro atoms. The summed E-state index contributed by atoms with van der Waals surface area (Å²) in [6, 6.07) is 9.07. The van der Waals surface area contributed by atoms with Crippen molar-refractivity contribution in [2.45, 2.75) is 19.3 Å². The molecule has 0 unspecified atom stereocenters. The lowest BCUT2D eigenvalue weighted by molar-refractivity contribution is 0.0720. The molecule has 0 radical (unpaired) electrons. The van der Waals surface area contributed by atoms with E-state index in [-0.39, 0.29) is 17.5 Å². The fourth-order valence-electron chi connectivity index (χ4n) is 4.44. The van der Waals surface area contributed by atoms with E-state index in [2.05, 4.69) is 19.9 Å². The predicted octanol–water partition coefficient (Wildman–Crippen LogP) is 2.72. The average Bonchev–Trinajstić information content (AvgIpc) is 3.39. The molecule has 0 atom stereocenters. The molecule has 9 nitrogen and oxygen atoms in total. The first-order valence-electron chi connectivity index (χ1n) is 11.4. The van der Waals surface area contributed by atoms with Gasteiger partial charge in [-0.25, -0.2) is 15.0 Å². The molecule has 0 saturated carbocycles. The largest absolute Gasteiger partial charge is 0.443 e. The van der Waals surface area contributed by atoms with Crippen LogP contribution in [-0.2, 0) is 0 Å². The van der Waals surface area contributed by atoms with Crippen molar-refractivity contribution in [3.8, 4) is 11.3 Å². The molecule has 2 aromatic heterocycles. The van der Waals surface area contributed by atoms with Gasteiger partial charge in [0.2, 0.25) is 5.95 Å². The first-order valence-corrected chi connectivity index (χ1v) is 11.4. The molecule has 170 valence electrons. The van der Waals surface area contributed by atoms with Crippen molar-refractivity contribution in [3.63, 3.8) is 0 Å². The van der Waals surface area contributed by atoms with Crippen molar-refractivity contribution in [2.75, 3.05) is 44.2 Å². The van der Waals surface area contributed by atoms with Gasteiger partial charge in [0.15, 0.2) is 17.8 Å². The third kappa shape index (κ3) is 4.30. The number of hydrogen-bond acceptors (Lipinski definition) is 7. The number of nitrogens with zero attached hydrogens (tertiary/aromatic N) is 6. The van der Waals surface area contributed by atoms with Crippen LogP contribution in [0.4, 0.5) is 5.95 Å². The number of piperidine rings is 1. The Morgan fingerprint density at radius 3 is 2.21 bits per heavy atom. The molecule has 33 heavy (non-hydrogen) atoms. The van der Waals surface area contributed by atoms with Crippen molar-refractivity contribution in [1.82, 2.24) is 24.8 Å². The molecule has 1 aromatic carbocycles. The maximum Gasteiger partial charge on any atom is 0.276 e. The van der Waals surface area contributed by atoms with Gasteiger partial charge in [0.25, 0.3) is 11.8 Å². The van der Waals surface area contributed by atoms with Crippen molar-refractivity contribution in [1.29, 1.82) is 0 Å². The van der Waals surface area contributed by atoms with Crippen LogP contribution in [0, 0.1) is 0 Å². The van der Waals surface area contributed by atoms with Crippen LogP contribution in [0.15, 0.2) is 53.5 Å². The van der Waals surface area contributed by atoms with Crippen LogP contribution in [0.5, 0.6) is 0 Å². The summed E-state index contributed by atoms with van der Waals surface area (Å²) in [5, 5.41) is 0. The topological polar surface area (TPSA) is 95.7 Å². The molecule has 9 heteroatoms. The Hall–Kier alpha value is -3.75. The maximum absolute atomic E-state index is 13.3. The number of rotatable bonds is 4. The van der Waals surface area contributed by atoms with Gasteiger partial charge in [0, 0.05) is 57.2 Å². The second kappa shape index (κ2) is 9.40. The summed E-state index contributed by atoms with van der Waals surface area (Å²) >= 11 is 0. The highest BCUT2D eigenvalue weighted by Crippen LogP contribution is 2.29. The number of aromatic nitrogens is 3. The van der Waals surface area contributed by atoms with E-state index in [9.17, 15) is 9.59 Å². The molecule has 2 amide bonds. The summed E-state index contributed by atoms with van der Waals surface area (Å²) in [6.45, 7) is 3.82. The second-order valence-corrected chi connectivity index (χ2v) is 8.26. The summed E-state index contributed by atoms with van der Waals surface area (Å²) < 4.78 is 5.67. The smallest absolute Gasteiger partial charge is 0.276 e. The Bertz CT molecular complexity index is 1120. The number of hydrogen-bond donors (Lipinski definition) is 0. The normalized spacial score (nSPS) is 16.7. The molecule has 5 rings (SSSR count). The molecule has 2 fully saturated rings. The molecule has 0 bridgehead atoms. The van der Waals surface area contributed by atoms with Gasteiger partial charge in [0.1, 0.15) is 0 Å². The van der Waals surface area contributed by atoms with E-state index in [0.29, 0.717) is 49.0 Å². The van der Waals surface area contributed by atoms with Gasteiger partial charge in [-0.15, -0.1) is 0 Å². The number of amides is 2. The zero-order chi connectivity index (χ0) is 22.6. The van der Waals surface area contributed by atoms with E-state index in [1.807, 2.05) is 23.1 Å². The number of piperazine rings is 1. The van der Waals surface area contributed by atoms with Crippen molar-refractivity contribution in [3.05, 3.63) is 60.4 Å². The van der Waals surface area contributed by atoms with Crippen LogP contribution in [0.3, 0.4) is 0 Å². The Balaban J connectivity index is 1.35. The fourth-order valence-corrected chi connectivity index (χ4v) is 4.44. The van der Waals surface area contributed by atoms with Crippen LogP contribution in [0.2, 0.25) is 0 Å². The Kier molecular flexibility index (Phi) is 6.01. The third-order valence-electron chi connectivity index (χ3n) is 6.22. The van der Waals surface area contributed by atoms with E-state index < -0.39 is 0 Å². The number of anilines is 1. The molecule has 3 aromatic rings. The van der Waals surface area contributed by atoms with Gasteiger partial charge in [0.05, 0.1) is 5.56 Å². The van der Waals surface area contributed by atoms with E-state index in [1.54, 1.807) is 29.4 Å². The molecular formula is C24H26N6O3. The highest BCUT2D eigenvalue weighted by Gasteiger charge is 2.30. The molecule has 0 aliphatic carbocycles. The van der Waals surface area contributed by atoms with Crippen molar-refractivity contribution < 1.29 is 14.0 Å². The Morgan fingerprint density at radius 1 is 0.758 bits per heavy atom. The van der Waals surface area contributed by atoms with E-state index in [0.717, 1.165) is 32.4 Å². The van der Waals surface area contributed by atoms with Crippen molar-refractivity contribution >= 4 is 17.8 Å². The molecular weight excluding hydrogens is 420 g/mol. The fraction of sp³-hybridized carbons (Fsp3) is 0.375. The van der Waals surface area contributed by atoms with E-state index >= 15 is 0 Å². The lowest BCUT2D eigenvalue weighted by Gasteiger charge is -2.34. The average molecular weight is 447 g/mol. The number of likely N-dealkylation sites (tertiary alicyclic amines) is 1. The number of carbonyl (C=O) groups is 2. The zero-order valence-electron chi connectivity index (χ0n) is 18.4. The first kappa shape index (κ1) is 21.1. The van der Waals surface area contributed by atoms with Crippen molar-refractivity contribution in [2.24, 2.45) is 0 Å². The highest BCUT2D eigenvalue weighted by atomic mass is 16.3. The lowest BCUT2D eigenvalue weighted by atomic mass is 10.0. The van der Waals surface area contributed by atoms with Crippen LogP contribution < -0.4 is 4.90 Å². The Labute approximate surface area is 192 Å². The van der Waals surface area contributed by atoms with Gasteiger partial charge in [-0.2, -0.15) is 0 Å². The van der Waals surface area contributed by atoms with Gasteiger partial charge >= 0.3 is 0 Å². The van der Waals surface area contributed by atoms with Gasteiger partial charge < -0.3 is 19.1 Å². The zero-order valence-corrected chi connectivity index (χ0v) is 18.4. The maximum atomic E-state index is 13.3. The third-order valence-corrected chi connectivity index (χ3v) is 6.22. The molecule has 4 heterocycles. The first-order chi connectivity index (χ1) is 16.2. The minimum Gasteiger partial charge on any atom is -0.443 e. The molecule has 2 aliphatic heterocycles.